The summed E-state index contributed by atoms with van der Waals surface area (Å²) < 4.78 is 0. The first-order valence-electron chi connectivity index (χ1n) is 4.91. The van der Waals surface area contributed by atoms with Gasteiger partial charge in [-0.3, -0.25) is 0 Å². The van der Waals surface area contributed by atoms with Crippen molar-refractivity contribution in [2.75, 3.05) is 7.05 Å². The van der Waals surface area contributed by atoms with Crippen LogP contribution in [0.4, 0.5) is 0 Å². The summed E-state index contributed by atoms with van der Waals surface area (Å²) >= 11 is 0. The Kier molecular flexibility index (Phi) is 3.00. The Morgan fingerprint density at radius 3 is 2.07 bits per heavy atom. The van der Waals surface area contributed by atoms with E-state index in [1.165, 1.54) is 5.56 Å². The van der Waals surface area contributed by atoms with Gasteiger partial charge in [-0.05, 0) is 26.3 Å². The van der Waals surface area contributed by atoms with Crippen molar-refractivity contribution in [2.24, 2.45) is 0 Å². The number of rotatable bonds is 2. The van der Waals surface area contributed by atoms with Crippen molar-refractivity contribution in [3.05, 3.63) is 42.5 Å². The van der Waals surface area contributed by atoms with Crippen molar-refractivity contribution in [1.29, 1.82) is 0 Å². The number of hydrogen-bond acceptors (Lipinski definition) is 1. The third kappa shape index (κ3) is 2.38. The predicted molar refractivity (Wildman–Crippen MR) is 63.0 cm³/mol. The summed E-state index contributed by atoms with van der Waals surface area (Å²) in [6, 6.07) is 10.3. The molecule has 0 bridgehead atoms. The zero-order chi connectivity index (χ0) is 10.8. The molecule has 0 atom stereocenters. The molecular formula is C13H19N. The van der Waals surface area contributed by atoms with E-state index in [1.54, 1.807) is 0 Å². The van der Waals surface area contributed by atoms with E-state index in [-0.39, 0.29) is 5.54 Å². The van der Waals surface area contributed by atoms with Crippen molar-refractivity contribution < 1.29 is 0 Å². The van der Waals surface area contributed by atoms with Gasteiger partial charge in [-0.15, -0.1) is 0 Å². The van der Waals surface area contributed by atoms with Gasteiger partial charge in [-0.2, -0.15) is 0 Å². The third-order valence-electron chi connectivity index (χ3n) is 2.52. The van der Waals surface area contributed by atoms with E-state index < -0.39 is 0 Å². The van der Waals surface area contributed by atoms with Crippen LogP contribution in [0.1, 0.15) is 26.3 Å². The fourth-order valence-electron chi connectivity index (χ4n) is 1.23. The number of hydrogen-bond donors (Lipinski definition) is 0. The van der Waals surface area contributed by atoms with Gasteiger partial charge in [-0.1, -0.05) is 36.9 Å². The molecule has 1 nitrogen and oxygen atoms in total. The Morgan fingerprint density at radius 2 is 1.64 bits per heavy atom. The maximum atomic E-state index is 4.12. The fourth-order valence-corrected chi connectivity index (χ4v) is 1.23. The van der Waals surface area contributed by atoms with E-state index in [2.05, 4.69) is 51.4 Å². The largest absolute Gasteiger partial charge is 0.370 e. The van der Waals surface area contributed by atoms with Crippen LogP contribution in [0.3, 0.4) is 0 Å². The van der Waals surface area contributed by atoms with E-state index in [0.29, 0.717) is 0 Å². The zero-order valence-corrected chi connectivity index (χ0v) is 9.54. The molecular weight excluding hydrogens is 170 g/mol. The molecule has 0 fully saturated rings. The van der Waals surface area contributed by atoms with Gasteiger partial charge in [0.2, 0.25) is 0 Å². The van der Waals surface area contributed by atoms with Gasteiger partial charge in [0.25, 0.3) is 0 Å². The third-order valence-corrected chi connectivity index (χ3v) is 2.52. The van der Waals surface area contributed by atoms with Gasteiger partial charge >= 0.3 is 0 Å². The van der Waals surface area contributed by atoms with E-state index in [0.717, 1.165) is 5.70 Å². The number of nitrogens with zero attached hydrogens (tertiary/aromatic N) is 1. The molecule has 14 heavy (non-hydrogen) atoms. The Morgan fingerprint density at radius 1 is 1.14 bits per heavy atom. The summed E-state index contributed by atoms with van der Waals surface area (Å²) in [4.78, 5) is 2.20. The lowest BCUT2D eigenvalue weighted by molar-refractivity contribution is 0.266. The summed E-state index contributed by atoms with van der Waals surface area (Å²) in [5.74, 6) is 0. The van der Waals surface area contributed by atoms with Crippen LogP contribution in [0.15, 0.2) is 36.9 Å². The van der Waals surface area contributed by atoms with Crippen LogP contribution in [-0.4, -0.2) is 17.5 Å². The lowest BCUT2D eigenvalue weighted by atomic mass is 10.0. The smallest absolute Gasteiger partial charge is 0.0368 e. The van der Waals surface area contributed by atoms with Gasteiger partial charge in [0, 0.05) is 18.3 Å². The van der Waals surface area contributed by atoms with E-state index in [1.807, 2.05) is 18.2 Å². The average molecular weight is 189 g/mol. The highest BCUT2D eigenvalue weighted by Crippen LogP contribution is 2.23. The van der Waals surface area contributed by atoms with Crippen molar-refractivity contribution in [3.8, 4) is 0 Å². The Balaban J connectivity index is 2.87. The van der Waals surface area contributed by atoms with Gasteiger partial charge in [0.05, 0.1) is 0 Å². The normalized spacial score (nSPS) is 11.1. The quantitative estimate of drug-likeness (QED) is 0.689. The molecule has 0 saturated heterocycles. The van der Waals surface area contributed by atoms with Crippen LogP contribution in [0.5, 0.6) is 0 Å². The zero-order valence-electron chi connectivity index (χ0n) is 9.54. The summed E-state index contributed by atoms with van der Waals surface area (Å²) in [6.07, 6.45) is 0. The lowest BCUT2D eigenvalue weighted by Gasteiger charge is -2.35. The molecule has 0 N–H and O–H groups in total. The highest BCUT2D eigenvalue weighted by Gasteiger charge is 2.18. The Labute approximate surface area is 87.1 Å². The minimum Gasteiger partial charge on any atom is -0.370 e. The monoisotopic (exact) mass is 189 g/mol. The van der Waals surface area contributed by atoms with Crippen molar-refractivity contribution in [3.63, 3.8) is 0 Å². The molecule has 0 amide bonds. The second-order valence-electron chi connectivity index (χ2n) is 4.54. The maximum absolute atomic E-state index is 4.12. The topological polar surface area (TPSA) is 3.24 Å². The molecule has 1 heteroatoms. The molecule has 0 aliphatic carbocycles. The van der Waals surface area contributed by atoms with Crippen molar-refractivity contribution >= 4 is 5.70 Å². The van der Waals surface area contributed by atoms with Crippen LogP contribution in [0.25, 0.3) is 5.70 Å². The van der Waals surface area contributed by atoms with Crippen LogP contribution < -0.4 is 0 Å². The molecule has 1 aromatic rings. The minimum absolute atomic E-state index is 0.118. The molecule has 1 rings (SSSR count). The van der Waals surface area contributed by atoms with Crippen LogP contribution in [0, 0.1) is 0 Å². The predicted octanol–water partition coefficient (Wildman–Crippen LogP) is 3.39. The molecule has 0 aliphatic heterocycles. The first kappa shape index (κ1) is 10.8. The molecule has 0 radical (unpaired) electrons. The van der Waals surface area contributed by atoms with Crippen LogP contribution >= 0.6 is 0 Å². The standard InChI is InChI=1S/C13H19N/c1-11(14(5)13(2,3)4)12-9-7-6-8-10-12/h6-10H,1H2,2-5H3. The van der Waals surface area contributed by atoms with Crippen LogP contribution in [-0.2, 0) is 0 Å². The first-order chi connectivity index (χ1) is 6.43. The molecule has 0 unspecified atom stereocenters. The summed E-state index contributed by atoms with van der Waals surface area (Å²) in [5, 5.41) is 0. The lowest BCUT2D eigenvalue weighted by Crippen LogP contribution is -2.36. The minimum atomic E-state index is 0.118. The molecule has 76 valence electrons. The van der Waals surface area contributed by atoms with Crippen LogP contribution in [0.2, 0.25) is 0 Å². The Bertz CT molecular complexity index is 306. The number of benzene rings is 1. The molecule has 0 saturated carbocycles. The second kappa shape index (κ2) is 3.87. The second-order valence-corrected chi connectivity index (χ2v) is 4.54. The van der Waals surface area contributed by atoms with Crippen molar-refractivity contribution in [2.45, 2.75) is 26.3 Å². The van der Waals surface area contributed by atoms with E-state index >= 15 is 0 Å². The first-order valence-corrected chi connectivity index (χ1v) is 4.91. The molecule has 0 heterocycles. The van der Waals surface area contributed by atoms with Gasteiger partial charge in [0.1, 0.15) is 0 Å². The SMILES string of the molecule is C=C(c1ccccc1)N(C)C(C)(C)C. The van der Waals surface area contributed by atoms with Gasteiger partial charge in [0.15, 0.2) is 0 Å². The average Bonchev–Trinajstić information content (AvgIpc) is 2.15. The molecule has 1 aromatic carbocycles. The van der Waals surface area contributed by atoms with Gasteiger partial charge < -0.3 is 4.90 Å². The van der Waals surface area contributed by atoms with E-state index in [4.69, 9.17) is 0 Å². The highest BCUT2D eigenvalue weighted by molar-refractivity contribution is 5.61. The molecule has 0 spiro atoms. The Hall–Kier alpha value is -1.24. The van der Waals surface area contributed by atoms with Crippen molar-refractivity contribution in [1.82, 2.24) is 4.90 Å². The van der Waals surface area contributed by atoms with Gasteiger partial charge in [-0.25, -0.2) is 0 Å². The van der Waals surface area contributed by atoms with E-state index in [9.17, 15) is 0 Å². The molecule has 0 aliphatic rings. The maximum Gasteiger partial charge on any atom is 0.0368 e. The highest BCUT2D eigenvalue weighted by atomic mass is 15.2. The fraction of sp³-hybridized carbons (Fsp3) is 0.385. The summed E-state index contributed by atoms with van der Waals surface area (Å²) in [5.41, 5.74) is 2.37. The summed E-state index contributed by atoms with van der Waals surface area (Å²) in [6.45, 7) is 10.7. The molecule has 0 aromatic heterocycles. The summed E-state index contributed by atoms with van der Waals surface area (Å²) in [7, 11) is 2.08.